The molecule has 2 saturated carbocycles. The van der Waals surface area contributed by atoms with E-state index in [1.165, 1.54) is 25.7 Å². The van der Waals surface area contributed by atoms with Gasteiger partial charge in [-0.25, -0.2) is 0 Å². The first-order chi connectivity index (χ1) is 11.0. The molecule has 5 heteroatoms. The smallest absolute Gasteiger partial charge is 0.222 e. The number of Topliss-reactive ketones (excluding diaryl/α,β-unsaturated/α-hetero) is 1. The van der Waals surface area contributed by atoms with Gasteiger partial charge in [-0.3, -0.25) is 14.3 Å². The summed E-state index contributed by atoms with van der Waals surface area (Å²) in [6.45, 7) is 5.84. The lowest BCUT2D eigenvalue weighted by atomic mass is 9.97. The van der Waals surface area contributed by atoms with Gasteiger partial charge in [0.15, 0.2) is 5.78 Å². The second-order valence-electron chi connectivity index (χ2n) is 7.18. The Morgan fingerprint density at radius 3 is 2.70 bits per heavy atom. The predicted octanol–water partition coefficient (Wildman–Crippen LogP) is 2.79. The van der Waals surface area contributed by atoms with Crippen molar-refractivity contribution in [1.82, 2.24) is 15.1 Å². The van der Waals surface area contributed by atoms with Crippen LogP contribution in [-0.4, -0.2) is 27.5 Å². The number of ketones is 1. The van der Waals surface area contributed by atoms with Crippen LogP contribution in [0.1, 0.15) is 67.2 Å². The molecule has 1 aromatic rings. The van der Waals surface area contributed by atoms with E-state index in [2.05, 4.69) is 10.4 Å². The van der Waals surface area contributed by atoms with Crippen LogP contribution in [0.5, 0.6) is 0 Å². The summed E-state index contributed by atoms with van der Waals surface area (Å²) in [6.07, 6.45) is 6.77. The Hall–Kier alpha value is -1.65. The quantitative estimate of drug-likeness (QED) is 0.849. The van der Waals surface area contributed by atoms with Crippen molar-refractivity contribution < 1.29 is 9.59 Å². The molecule has 0 aliphatic heterocycles. The van der Waals surface area contributed by atoms with Gasteiger partial charge in [-0.05, 0) is 51.9 Å². The van der Waals surface area contributed by atoms with Gasteiger partial charge in [-0.1, -0.05) is 12.8 Å². The minimum Gasteiger partial charge on any atom is -0.353 e. The molecule has 3 rings (SSSR count). The number of nitrogens with zero attached hydrogens (tertiary/aromatic N) is 2. The van der Waals surface area contributed by atoms with Crippen molar-refractivity contribution in [2.24, 2.45) is 11.8 Å². The SMILES string of the molecule is CC(=O)c1c(C)nn(CCC(=O)NC2CCC3CCCC32)c1C. The van der Waals surface area contributed by atoms with E-state index in [1.54, 1.807) is 11.6 Å². The zero-order valence-electron chi connectivity index (χ0n) is 14.4. The van der Waals surface area contributed by atoms with E-state index >= 15 is 0 Å². The number of hydrogen-bond donors (Lipinski definition) is 1. The molecule has 2 fully saturated rings. The van der Waals surface area contributed by atoms with Gasteiger partial charge < -0.3 is 5.32 Å². The first-order valence-corrected chi connectivity index (χ1v) is 8.81. The molecule has 1 aromatic heterocycles. The molecular weight excluding hydrogens is 290 g/mol. The second kappa shape index (κ2) is 6.46. The summed E-state index contributed by atoms with van der Waals surface area (Å²) in [7, 11) is 0. The highest BCUT2D eigenvalue weighted by Gasteiger charge is 2.39. The van der Waals surface area contributed by atoms with Crippen LogP contribution < -0.4 is 5.32 Å². The van der Waals surface area contributed by atoms with Gasteiger partial charge in [-0.2, -0.15) is 5.10 Å². The lowest BCUT2D eigenvalue weighted by Crippen LogP contribution is -2.38. The zero-order valence-corrected chi connectivity index (χ0v) is 14.4. The lowest BCUT2D eigenvalue weighted by molar-refractivity contribution is -0.122. The van der Waals surface area contributed by atoms with Crippen molar-refractivity contribution in [3.63, 3.8) is 0 Å². The lowest BCUT2D eigenvalue weighted by Gasteiger charge is -2.20. The van der Waals surface area contributed by atoms with Gasteiger partial charge in [0.05, 0.1) is 11.3 Å². The largest absolute Gasteiger partial charge is 0.353 e. The maximum absolute atomic E-state index is 12.3. The Morgan fingerprint density at radius 2 is 2.00 bits per heavy atom. The molecule has 2 aliphatic rings. The summed E-state index contributed by atoms with van der Waals surface area (Å²) in [4.78, 5) is 23.9. The third kappa shape index (κ3) is 3.19. The van der Waals surface area contributed by atoms with Gasteiger partial charge in [0.25, 0.3) is 0 Å². The van der Waals surface area contributed by atoms with Gasteiger partial charge >= 0.3 is 0 Å². The van der Waals surface area contributed by atoms with E-state index in [4.69, 9.17) is 0 Å². The summed E-state index contributed by atoms with van der Waals surface area (Å²) in [5, 5.41) is 7.64. The monoisotopic (exact) mass is 317 g/mol. The first kappa shape index (κ1) is 16.2. The van der Waals surface area contributed by atoms with Crippen LogP contribution in [0.2, 0.25) is 0 Å². The van der Waals surface area contributed by atoms with E-state index in [0.29, 0.717) is 30.5 Å². The number of aryl methyl sites for hydroxylation is 2. The first-order valence-electron chi connectivity index (χ1n) is 8.81. The average molecular weight is 317 g/mol. The van der Waals surface area contributed by atoms with Crippen LogP contribution in [0.4, 0.5) is 0 Å². The van der Waals surface area contributed by atoms with E-state index < -0.39 is 0 Å². The van der Waals surface area contributed by atoms with Gasteiger partial charge in [0.1, 0.15) is 0 Å². The van der Waals surface area contributed by atoms with Crippen LogP contribution >= 0.6 is 0 Å². The minimum absolute atomic E-state index is 0.0360. The highest BCUT2D eigenvalue weighted by atomic mass is 16.1. The zero-order chi connectivity index (χ0) is 16.6. The Bertz CT molecular complexity index is 620. The number of nitrogens with one attached hydrogen (secondary N) is 1. The molecular formula is C18H27N3O2. The molecule has 0 saturated heterocycles. The Kier molecular flexibility index (Phi) is 4.55. The summed E-state index contributed by atoms with van der Waals surface area (Å²) in [5.41, 5.74) is 2.30. The van der Waals surface area contributed by atoms with E-state index in [9.17, 15) is 9.59 Å². The molecule has 3 unspecified atom stereocenters. The number of carbonyl (C=O) groups excluding carboxylic acids is 2. The fourth-order valence-corrected chi connectivity index (χ4v) is 4.65. The van der Waals surface area contributed by atoms with Crippen molar-refractivity contribution in [2.45, 2.75) is 71.9 Å². The molecule has 2 aliphatic carbocycles. The van der Waals surface area contributed by atoms with Crippen LogP contribution in [0.3, 0.4) is 0 Å². The molecule has 0 radical (unpaired) electrons. The summed E-state index contributed by atoms with van der Waals surface area (Å²) in [6, 6.07) is 0.378. The number of amides is 1. The van der Waals surface area contributed by atoms with Crippen LogP contribution in [0, 0.1) is 25.7 Å². The summed E-state index contributed by atoms with van der Waals surface area (Å²) >= 11 is 0. The van der Waals surface area contributed by atoms with E-state index in [-0.39, 0.29) is 11.7 Å². The predicted molar refractivity (Wildman–Crippen MR) is 88.3 cm³/mol. The Morgan fingerprint density at radius 1 is 1.22 bits per heavy atom. The van der Waals surface area contributed by atoms with E-state index in [0.717, 1.165) is 23.7 Å². The number of fused-ring (bicyclic) bond motifs is 1. The number of rotatable bonds is 5. The van der Waals surface area contributed by atoms with Crippen molar-refractivity contribution in [2.75, 3.05) is 0 Å². The molecule has 0 spiro atoms. The fourth-order valence-electron chi connectivity index (χ4n) is 4.65. The minimum atomic E-state index is 0.0360. The Balaban J connectivity index is 1.55. The van der Waals surface area contributed by atoms with Crippen molar-refractivity contribution in [3.05, 3.63) is 17.0 Å². The Labute approximate surface area is 137 Å². The fraction of sp³-hybridized carbons (Fsp3) is 0.722. The number of hydrogen-bond acceptors (Lipinski definition) is 3. The molecule has 23 heavy (non-hydrogen) atoms. The maximum Gasteiger partial charge on any atom is 0.222 e. The van der Waals surface area contributed by atoms with Crippen LogP contribution in [0.15, 0.2) is 0 Å². The molecule has 1 amide bonds. The molecule has 3 atom stereocenters. The third-order valence-electron chi connectivity index (χ3n) is 5.71. The van der Waals surface area contributed by atoms with E-state index in [1.807, 2.05) is 13.8 Å². The van der Waals surface area contributed by atoms with Crippen LogP contribution in [0.25, 0.3) is 0 Å². The molecule has 1 heterocycles. The normalized spacial score (nSPS) is 26.3. The average Bonchev–Trinajstić information content (AvgIpc) is 3.14. The maximum atomic E-state index is 12.3. The molecule has 0 bridgehead atoms. The number of aromatic nitrogens is 2. The van der Waals surface area contributed by atoms with Crippen molar-refractivity contribution >= 4 is 11.7 Å². The topological polar surface area (TPSA) is 64.0 Å². The highest BCUT2D eigenvalue weighted by Crippen LogP contribution is 2.43. The summed E-state index contributed by atoms with van der Waals surface area (Å²) in [5.74, 6) is 1.69. The van der Waals surface area contributed by atoms with Crippen molar-refractivity contribution in [3.8, 4) is 0 Å². The van der Waals surface area contributed by atoms with Gasteiger partial charge in [-0.15, -0.1) is 0 Å². The van der Waals surface area contributed by atoms with Crippen molar-refractivity contribution in [1.29, 1.82) is 0 Å². The van der Waals surface area contributed by atoms with Gasteiger partial charge in [0.2, 0.25) is 5.91 Å². The van der Waals surface area contributed by atoms with Crippen LogP contribution in [-0.2, 0) is 11.3 Å². The summed E-state index contributed by atoms with van der Waals surface area (Å²) < 4.78 is 1.79. The standard InChI is InChI=1S/C18H27N3O2/c1-11-18(13(3)22)12(2)21(20-11)10-9-17(23)19-16-8-7-14-5-4-6-15(14)16/h14-16H,4-10H2,1-3H3,(H,19,23). The third-order valence-corrected chi connectivity index (χ3v) is 5.71. The second-order valence-corrected chi connectivity index (χ2v) is 7.18. The molecule has 126 valence electrons. The molecule has 0 aromatic carbocycles. The number of carbonyl (C=O) groups is 2. The molecule has 1 N–H and O–H groups in total. The van der Waals surface area contributed by atoms with Gasteiger partial charge in [0, 0.05) is 24.7 Å². The molecule has 5 nitrogen and oxygen atoms in total. The highest BCUT2D eigenvalue weighted by molar-refractivity contribution is 5.96.